The Labute approximate surface area is 289 Å². The summed E-state index contributed by atoms with van der Waals surface area (Å²) in [6, 6.07) is 41.5. The van der Waals surface area contributed by atoms with Crippen molar-refractivity contribution in [1.82, 2.24) is 0 Å². The number of amides is 2. The number of carbonyl (C=O) groups excluding carboxylic acids is 2. The van der Waals surface area contributed by atoms with Crippen LogP contribution in [0.3, 0.4) is 0 Å². The van der Waals surface area contributed by atoms with Crippen LogP contribution in [-0.2, 0) is 9.59 Å². The molecule has 0 aromatic heterocycles. The first-order valence-corrected chi connectivity index (χ1v) is 16.2. The van der Waals surface area contributed by atoms with Gasteiger partial charge in [0.25, 0.3) is 0 Å². The van der Waals surface area contributed by atoms with Gasteiger partial charge in [-0.1, -0.05) is 84.9 Å². The number of para-hydroxylation sites is 4. The summed E-state index contributed by atoms with van der Waals surface area (Å²) in [7, 11) is 3.14. The predicted octanol–water partition coefficient (Wildman–Crippen LogP) is 9.12. The summed E-state index contributed by atoms with van der Waals surface area (Å²) in [4.78, 5) is 28.0. The van der Waals surface area contributed by atoms with Gasteiger partial charge < -0.3 is 29.6 Å². The first-order chi connectivity index (χ1) is 24.5. The second kappa shape index (κ2) is 12.8. The molecule has 2 heterocycles. The Hall–Kier alpha value is -6.54. The molecule has 2 aliphatic rings. The second-order valence-electron chi connectivity index (χ2n) is 12.0. The Kier molecular flexibility index (Phi) is 7.89. The lowest BCUT2D eigenvalue weighted by Gasteiger charge is -2.27. The highest BCUT2D eigenvalue weighted by Gasteiger charge is 2.34. The SMILES string of the molecule is COc1ccc(-c2ccc(NC(=O)C3c4ccccc4Oc4ccccc43)c(OC)c2)cc1NC(=O)C1c2ccccc2Oc2ccccc21. The third-order valence-corrected chi connectivity index (χ3v) is 9.13. The molecule has 2 N–H and O–H groups in total. The summed E-state index contributed by atoms with van der Waals surface area (Å²) in [6.45, 7) is 0. The minimum absolute atomic E-state index is 0.204. The molecule has 6 aromatic rings. The van der Waals surface area contributed by atoms with Crippen LogP contribution in [0.25, 0.3) is 11.1 Å². The van der Waals surface area contributed by atoms with Crippen LogP contribution in [0.4, 0.5) is 11.4 Å². The quantitative estimate of drug-likeness (QED) is 0.177. The van der Waals surface area contributed by atoms with Gasteiger partial charge in [-0.25, -0.2) is 0 Å². The maximum atomic E-state index is 14.1. The molecule has 246 valence electrons. The second-order valence-corrected chi connectivity index (χ2v) is 12.0. The first kappa shape index (κ1) is 30.8. The van der Waals surface area contributed by atoms with E-state index >= 15 is 0 Å². The van der Waals surface area contributed by atoms with E-state index in [2.05, 4.69) is 10.6 Å². The Morgan fingerprint density at radius 3 is 1.34 bits per heavy atom. The lowest BCUT2D eigenvalue weighted by Crippen LogP contribution is -2.25. The smallest absolute Gasteiger partial charge is 0.236 e. The maximum Gasteiger partial charge on any atom is 0.236 e. The van der Waals surface area contributed by atoms with Crippen LogP contribution in [0, 0.1) is 0 Å². The summed E-state index contributed by atoms with van der Waals surface area (Å²) < 4.78 is 23.6. The third-order valence-electron chi connectivity index (χ3n) is 9.13. The fraction of sp³-hybridized carbons (Fsp3) is 0.0952. The Balaban J connectivity index is 1.08. The van der Waals surface area contributed by atoms with E-state index in [9.17, 15) is 9.59 Å². The summed E-state index contributed by atoms with van der Waals surface area (Å²) in [5, 5.41) is 6.22. The van der Waals surface area contributed by atoms with Gasteiger partial charge in [0.1, 0.15) is 34.5 Å². The van der Waals surface area contributed by atoms with E-state index in [1.54, 1.807) is 14.2 Å². The van der Waals surface area contributed by atoms with Gasteiger partial charge in [0, 0.05) is 22.3 Å². The summed E-state index contributed by atoms with van der Waals surface area (Å²) >= 11 is 0. The van der Waals surface area contributed by atoms with E-state index in [-0.39, 0.29) is 11.8 Å². The Bertz CT molecular complexity index is 2190. The molecule has 0 saturated carbocycles. The molecule has 0 bridgehead atoms. The summed E-state index contributed by atoms with van der Waals surface area (Å²) in [5.74, 6) is 2.05. The molecule has 2 amide bonds. The van der Waals surface area contributed by atoms with Gasteiger partial charge in [-0.05, 0) is 59.7 Å². The van der Waals surface area contributed by atoms with Crippen molar-refractivity contribution in [2.75, 3.05) is 24.9 Å². The standard InChI is InChI=1S/C42H32N2O6/c1-47-37-22-20-25(23-32(37)44-42(46)40-29-13-5-9-17-35(29)50-36-18-10-6-14-30(36)40)26-19-21-31(38(24-26)48-2)43-41(45)39-27-11-3-7-15-33(27)49-34-16-8-4-12-28(34)39/h3-24,39-40H,1-2H3,(H,43,45)(H,44,46). The molecule has 0 atom stereocenters. The zero-order valence-corrected chi connectivity index (χ0v) is 27.3. The zero-order chi connectivity index (χ0) is 34.2. The van der Waals surface area contributed by atoms with Crippen LogP contribution in [0.1, 0.15) is 34.1 Å². The Morgan fingerprint density at radius 1 is 0.480 bits per heavy atom. The van der Waals surface area contributed by atoms with E-state index in [4.69, 9.17) is 18.9 Å². The molecule has 0 unspecified atom stereocenters. The van der Waals surface area contributed by atoms with E-state index in [1.165, 1.54) is 0 Å². The number of ether oxygens (including phenoxy) is 4. The third kappa shape index (κ3) is 5.46. The highest BCUT2D eigenvalue weighted by Crippen LogP contribution is 2.46. The molecule has 50 heavy (non-hydrogen) atoms. The zero-order valence-electron chi connectivity index (χ0n) is 27.3. The average molecular weight is 661 g/mol. The number of anilines is 2. The van der Waals surface area contributed by atoms with Crippen molar-refractivity contribution in [2.24, 2.45) is 0 Å². The average Bonchev–Trinajstić information content (AvgIpc) is 3.15. The van der Waals surface area contributed by atoms with E-state index < -0.39 is 11.8 Å². The maximum absolute atomic E-state index is 14.1. The summed E-state index contributed by atoms with van der Waals surface area (Å²) in [6.07, 6.45) is 0. The van der Waals surface area contributed by atoms with Crippen molar-refractivity contribution in [3.63, 3.8) is 0 Å². The van der Waals surface area contributed by atoms with Crippen LogP contribution in [0.2, 0.25) is 0 Å². The minimum Gasteiger partial charge on any atom is -0.495 e. The van der Waals surface area contributed by atoms with Gasteiger partial charge in [0.2, 0.25) is 11.8 Å². The fourth-order valence-corrected chi connectivity index (χ4v) is 6.75. The molecule has 0 aliphatic carbocycles. The number of hydrogen-bond acceptors (Lipinski definition) is 6. The van der Waals surface area contributed by atoms with E-state index in [0.29, 0.717) is 45.9 Å². The number of methoxy groups -OCH3 is 2. The monoisotopic (exact) mass is 660 g/mol. The molecular formula is C42H32N2O6. The highest BCUT2D eigenvalue weighted by molar-refractivity contribution is 6.02. The van der Waals surface area contributed by atoms with Crippen molar-refractivity contribution in [3.05, 3.63) is 156 Å². The van der Waals surface area contributed by atoms with Crippen molar-refractivity contribution in [1.29, 1.82) is 0 Å². The van der Waals surface area contributed by atoms with Crippen LogP contribution < -0.4 is 29.6 Å². The number of benzene rings is 6. The normalized spacial score (nSPS) is 12.9. The van der Waals surface area contributed by atoms with Gasteiger partial charge in [0.15, 0.2) is 0 Å². The molecule has 8 rings (SSSR count). The molecule has 6 aromatic carbocycles. The largest absolute Gasteiger partial charge is 0.495 e. The van der Waals surface area contributed by atoms with Crippen molar-refractivity contribution in [3.8, 4) is 45.6 Å². The lowest BCUT2D eigenvalue weighted by molar-refractivity contribution is -0.117. The molecule has 0 fully saturated rings. The van der Waals surface area contributed by atoms with Gasteiger partial charge in [-0.3, -0.25) is 9.59 Å². The molecule has 0 saturated heterocycles. The van der Waals surface area contributed by atoms with Crippen molar-refractivity contribution >= 4 is 23.2 Å². The first-order valence-electron chi connectivity index (χ1n) is 16.2. The van der Waals surface area contributed by atoms with Crippen LogP contribution in [0.5, 0.6) is 34.5 Å². The van der Waals surface area contributed by atoms with E-state index in [1.807, 2.05) is 133 Å². The van der Waals surface area contributed by atoms with Crippen molar-refractivity contribution in [2.45, 2.75) is 11.8 Å². The topological polar surface area (TPSA) is 95.1 Å². The van der Waals surface area contributed by atoms with Gasteiger partial charge in [0.05, 0.1) is 37.4 Å². The number of nitrogens with one attached hydrogen (secondary N) is 2. The van der Waals surface area contributed by atoms with Crippen LogP contribution >= 0.6 is 0 Å². The Morgan fingerprint density at radius 2 is 0.880 bits per heavy atom. The molecule has 0 spiro atoms. The van der Waals surface area contributed by atoms with Gasteiger partial charge in [-0.15, -0.1) is 0 Å². The van der Waals surface area contributed by atoms with E-state index in [0.717, 1.165) is 33.4 Å². The molecule has 0 radical (unpaired) electrons. The van der Waals surface area contributed by atoms with Gasteiger partial charge in [-0.2, -0.15) is 0 Å². The number of carbonyl (C=O) groups is 2. The van der Waals surface area contributed by atoms with Gasteiger partial charge >= 0.3 is 0 Å². The van der Waals surface area contributed by atoms with Crippen LogP contribution in [-0.4, -0.2) is 26.0 Å². The predicted molar refractivity (Wildman–Crippen MR) is 192 cm³/mol. The number of hydrogen-bond donors (Lipinski definition) is 2. The lowest BCUT2D eigenvalue weighted by atomic mass is 9.87. The van der Waals surface area contributed by atoms with Crippen LogP contribution in [0.15, 0.2) is 133 Å². The highest BCUT2D eigenvalue weighted by atomic mass is 16.5. The van der Waals surface area contributed by atoms with Crippen molar-refractivity contribution < 1.29 is 28.5 Å². The fourth-order valence-electron chi connectivity index (χ4n) is 6.75. The number of rotatable bonds is 7. The summed E-state index contributed by atoms with van der Waals surface area (Å²) in [5.41, 5.74) is 5.84. The molecular weight excluding hydrogens is 628 g/mol. The molecule has 8 nitrogen and oxygen atoms in total. The number of fused-ring (bicyclic) bond motifs is 4. The molecule has 8 heteroatoms. The molecule has 2 aliphatic heterocycles. The minimum atomic E-state index is -0.581.